The lowest BCUT2D eigenvalue weighted by Crippen LogP contribution is -2.38. The molecule has 16 heavy (non-hydrogen) atoms. The molecule has 2 rings (SSSR count). The molecule has 2 nitrogen and oxygen atoms in total. The maximum atomic E-state index is 11.9. The second kappa shape index (κ2) is 5.32. The summed E-state index contributed by atoms with van der Waals surface area (Å²) in [7, 11) is 1.91. The number of alkyl halides is 1. The summed E-state index contributed by atoms with van der Waals surface area (Å²) in [5.74, 6) is 0.928. The highest BCUT2D eigenvalue weighted by atomic mass is 79.9. The van der Waals surface area contributed by atoms with E-state index in [1.54, 1.807) is 11.3 Å². The second-order valence-electron chi connectivity index (χ2n) is 4.52. The van der Waals surface area contributed by atoms with Crippen molar-refractivity contribution in [3.63, 3.8) is 0 Å². The SMILES string of the molecule is CN(CC1CC(Br)C1)C(=O)Cc1ccsc1. The zero-order valence-corrected chi connectivity index (χ0v) is 11.8. The van der Waals surface area contributed by atoms with Gasteiger partial charge in [0.25, 0.3) is 0 Å². The minimum Gasteiger partial charge on any atom is -0.345 e. The summed E-state index contributed by atoms with van der Waals surface area (Å²) >= 11 is 5.22. The Kier molecular flexibility index (Phi) is 4.03. The number of carbonyl (C=O) groups is 1. The first kappa shape index (κ1) is 12.1. The number of hydrogen-bond acceptors (Lipinski definition) is 2. The van der Waals surface area contributed by atoms with Crippen molar-refractivity contribution in [1.82, 2.24) is 4.90 Å². The molecule has 88 valence electrons. The second-order valence-corrected chi connectivity index (χ2v) is 6.59. The molecule has 0 spiro atoms. The largest absolute Gasteiger partial charge is 0.345 e. The van der Waals surface area contributed by atoms with Crippen LogP contribution >= 0.6 is 27.3 Å². The fraction of sp³-hybridized carbons (Fsp3) is 0.583. The molecule has 1 amide bonds. The van der Waals surface area contributed by atoms with Gasteiger partial charge in [-0.25, -0.2) is 0 Å². The highest BCUT2D eigenvalue weighted by Crippen LogP contribution is 2.33. The van der Waals surface area contributed by atoms with E-state index >= 15 is 0 Å². The number of hydrogen-bond donors (Lipinski definition) is 0. The Bertz CT molecular complexity index is 346. The fourth-order valence-corrected chi connectivity index (χ4v) is 3.72. The molecule has 0 aromatic carbocycles. The van der Waals surface area contributed by atoms with Crippen LogP contribution in [0.1, 0.15) is 18.4 Å². The zero-order valence-electron chi connectivity index (χ0n) is 9.36. The van der Waals surface area contributed by atoms with E-state index in [-0.39, 0.29) is 5.91 Å². The normalized spacial score (nSPS) is 23.9. The number of likely N-dealkylation sites (N-methyl/N-ethyl adjacent to an activating group) is 1. The van der Waals surface area contributed by atoms with Crippen molar-refractivity contribution < 1.29 is 4.79 Å². The average Bonchev–Trinajstić information content (AvgIpc) is 2.68. The predicted octanol–water partition coefficient (Wildman–Crippen LogP) is 2.92. The number of rotatable bonds is 4. The van der Waals surface area contributed by atoms with Gasteiger partial charge in [-0.1, -0.05) is 15.9 Å². The Morgan fingerprint density at radius 2 is 2.38 bits per heavy atom. The van der Waals surface area contributed by atoms with Crippen LogP contribution in [0.25, 0.3) is 0 Å². The molecule has 1 aliphatic rings. The van der Waals surface area contributed by atoms with Crippen molar-refractivity contribution >= 4 is 33.2 Å². The van der Waals surface area contributed by atoms with Gasteiger partial charge in [0.1, 0.15) is 0 Å². The molecule has 0 atom stereocenters. The van der Waals surface area contributed by atoms with Crippen molar-refractivity contribution in [3.05, 3.63) is 22.4 Å². The summed E-state index contributed by atoms with van der Waals surface area (Å²) in [6.45, 7) is 0.908. The smallest absolute Gasteiger partial charge is 0.226 e. The van der Waals surface area contributed by atoms with Crippen molar-refractivity contribution in [2.45, 2.75) is 24.1 Å². The molecule has 1 heterocycles. The lowest BCUT2D eigenvalue weighted by atomic mass is 9.85. The third-order valence-corrected chi connectivity index (χ3v) is 4.55. The van der Waals surface area contributed by atoms with Crippen LogP contribution < -0.4 is 0 Å². The molecule has 1 aliphatic carbocycles. The van der Waals surface area contributed by atoms with Crippen molar-refractivity contribution in [3.8, 4) is 0 Å². The first-order valence-corrected chi connectivity index (χ1v) is 7.40. The molecule has 4 heteroatoms. The van der Waals surface area contributed by atoms with Gasteiger partial charge >= 0.3 is 0 Å². The monoisotopic (exact) mass is 301 g/mol. The third-order valence-electron chi connectivity index (χ3n) is 3.07. The molecular weight excluding hydrogens is 286 g/mol. The minimum absolute atomic E-state index is 0.233. The summed E-state index contributed by atoms with van der Waals surface area (Å²) in [6.07, 6.45) is 2.95. The van der Waals surface area contributed by atoms with Crippen molar-refractivity contribution in [2.24, 2.45) is 5.92 Å². The van der Waals surface area contributed by atoms with Crippen LogP contribution in [0.15, 0.2) is 16.8 Å². The van der Waals surface area contributed by atoms with Crippen molar-refractivity contribution in [2.75, 3.05) is 13.6 Å². The summed E-state index contributed by atoms with van der Waals surface area (Å²) in [6, 6.07) is 2.02. The Balaban J connectivity index is 1.76. The van der Waals surface area contributed by atoms with Crippen LogP contribution in [0.4, 0.5) is 0 Å². The molecule has 0 saturated heterocycles. The number of nitrogens with zero attached hydrogens (tertiary/aromatic N) is 1. The predicted molar refractivity (Wildman–Crippen MR) is 71.1 cm³/mol. The molecular formula is C12H16BrNOS. The molecule has 1 aromatic rings. The van der Waals surface area contributed by atoms with E-state index in [9.17, 15) is 4.79 Å². The fourth-order valence-electron chi connectivity index (χ4n) is 2.00. The summed E-state index contributed by atoms with van der Waals surface area (Å²) in [4.78, 5) is 14.4. The molecule has 1 aromatic heterocycles. The highest BCUT2D eigenvalue weighted by molar-refractivity contribution is 9.09. The number of amides is 1. The molecule has 0 aliphatic heterocycles. The Labute approximate surface area is 109 Å². The average molecular weight is 302 g/mol. The molecule has 0 unspecified atom stereocenters. The van der Waals surface area contributed by atoms with Gasteiger partial charge in [-0.05, 0) is 41.1 Å². The number of carbonyl (C=O) groups excluding carboxylic acids is 1. The van der Waals surface area contributed by atoms with E-state index in [0.717, 1.165) is 12.1 Å². The van der Waals surface area contributed by atoms with Gasteiger partial charge in [0.2, 0.25) is 5.91 Å². The van der Waals surface area contributed by atoms with Crippen molar-refractivity contribution in [1.29, 1.82) is 0 Å². The van der Waals surface area contributed by atoms with E-state index in [0.29, 0.717) is 17.2 Å². The molecule has 0 bridgehead atoms. The summed E-state index contributed by atoms with van der Waals surface area (Å²) < 4.78 is 0. The number of thiophene rings is 1. The maximum Gasteiger partial charge on any atom is 0.226 e. The van der Waals surface area contributed by atoms with E-state index in [4.69, 9.17) is 0 Å². The van der Waals surface area contributed by atoms with Crippen LogP contribution in [-0.4, -0.2) is 29.2 Å². The van der Waals surface area contributed by atoms with E-state index < -0.39 is 0 Å². The quantitative estimate of drug-likeness (QED) is 0.783. The summed E-state index contributed by atoms with van der Waals surface area (Å²) in [5.41, 5.74) is 1.13. The third kappa shape index (κ3) is 3.08. The topological polar surface area (TPSA) is 20.3 Å². The lowest BCUT2D eigenvalue weighted by Gasteiger charge is -2.34. The Morgan fingerprint density at radius 1 is 1.62 bits per heavy atom. The highest BCUT2D eigenvalue weighted by Gasteiger charge is 2.28. The van der Waals surface area contributed by atoms with Gasteiger partial charge in [-0.2, -0.15) is 11.3 Å². The molecule has 0 N–H and O–H groups in total. The Hall–Kier alpha value is -0.350. The Morgan fingerprint density at radius 3 is 2.94 bits per heavy atom. The van der Waals surface area contributed by atoms with Crippen LogP contribution in [0, 0.1) is 5.92 Å². The molecule has 1 saturated carbocycles. The van der Waals surface area contributed by atoms with Gasteiger partial charge in [0, 0.05) is 18.4 Å². The van der Waals surface area contributed by atoms with E-state index in [2.05, 4.69) is 15.9 Å². The van der Waals surface area contributed by atoms with E-state index in [1.807, 2.05) is 28.8 Å². The van der Waals surface area contributed by atoms with Crippen LogP contribution in [0.3, 0.4) is 0 Å². The first-order chi connectivity index (χ1) is 7.65. The van der Waals surface area contributed by atoms with Gasteiger partial charge in [0.15, 0.2) is 0 Å². The van der Waals surface area contributed by atoms with Gasteiger partial charge in [-0.3, -0.25) is 4.79 Å². The van der Waals surface area contributed by atoms with Crippen LogP contribution in [0.2, 0.25) is 0 Å². The van der Waals surface area contributed by atoms with Gasteiger partial charge < -0.3 is 4.90 Å². The van der Waals surface area contributed by atoms with Gasteiger partial charge in [0.05, 0.1) is 6.42 Å². The number of halogens is 1. The first-order valence-electron chi connectivity index (χ1n) is 5.54. The van der Waals surface area contributed by atoms with Crippen LogP contribution in [-0.2, 0) is 11.2 Å². The zero-order chi connectivity index (χ0) is 11.5. The minimum atomic E-state index is 0.233. The maximum absolute atomic E-state index is 11.9. The van der Waals surface area contributed by atoms with Crippen LogP contribution in [0.5, 0.6) is 0 Å². The molecule has 0 radical (unpaired) electrons. The molecule has 1 fully saturated rings. The lowest BCUT2D eigenvalue weighted by molar-refractivity contribution is -0.130. The van der Waals surface area contributed by atoms with E-state index in [1.165, 1.54) is 12.8 Å². The van der Waals surface area contributed by atoms with Gasteiger partial charge in [-0.15, -0.1) is 0 Å². The standard InChI is InChI=1S/C12H16BrNOS/c1-14(7-10-4-11(13)5-10)12(15)6-9-2-3-16-8-9/h2-3,8,10-11H,4-7H2,1H3. The summed E-state index contributed by atoms with van der Waals surface area (Å²) in [5, 5.41) is 4.06.